The van der Waals surface area contributed by atoms with Crippen LogP contribution in [0.5, 0.6) is 0 Å². The van der Waals surface area contributed by atoms with Crippen LogP contribution in [-0.2, 0) is 34.3 Å². The first kappa shape index (κ1) is 15.6. The average Bonchev–Trinajstić information content (AvgIpc) is 3.19. The number of anilines is 1. The van der Waals surface area contributed by atoms with Gasteiger partial charge in [-0.05, 0) is 41.3 Å². The van der Waals surface area contributed by atoms with E-state index in [1.54, 1.807) is 18.2 Å². The van der Waals surface area contributed by atoms with E-state index in [1.165, 1.54) is 4.31 Å². The van der Waals surface area contributed by atoms with Crippen molar-refractivity contribution >= 4 is 32.5 Å². The quantitative estimate of drug-likeness (QED) is 0.756. The van der Waals surface area contributed by atoms with Gasteiger partial charge in [-0.2, -0.15) is 4.31 Å². The molecule has 3 aromatic rings. The fourth-order valence-electron chi connectivity index (χ4n) is 3.85. The Morgan fingerprint density at radius 3 is 2.73 bits per heavy atom. The van der Waals surface area contributed by atoms with Crippen LogP contribution < -0.4 is 5.32 Å². The van der Waals surface area contributed by atoms with Crippen LogP contribution in [0.1, 0.15) is 11.3 Å². The van der Waals surface area contributed by atoms with Crippen LogP contribution in [0.25, 0.3) is 10.9 Å². The Balaban J connectivity index is 1.50. The predicted octanol–water partition coefficient (Wildman–Crippen LogP) is 2.34. The second-order valence-electron chi connectivity index (χ2n) is 6.73. The van der Waals surface area contributed by atoms with Crippen LogP contribution in [0.15, 0.2) is 53.4 Å². The van der Waals surface area contributed by atoms with E-state index < -0.39 is 10.0 Å². The van der Waals surface area contributed by atoms with Gasteiger partial charge in [-0.25, -0.2) is 8.42 Å². The second kappa shape index (κ2) is 5.43. The zero-order valence-corrected chi connectivity index (χ0v) is 14.8. The van der Waals surface area contributed by atoms with Gasteiger partial charge in [0.1, 0.15) is 0 Å². The van der Waals surface area contributed by atoms with Gasteiger partial charge >= 0.3 is 0 Å². The van der Waals surface area contributed by atoms with E-state index in [1.807, 2.05) is 18.2 Å². The first-order valence-corrected chi connectivity index (χ1v) is 9.96. The number of aromatic nitrogens is 1. The van der Waals surface area contributed by atoms with Crippen LogP contribution in [-0.4, -0.2) is 29.7 Å². The highest BCUT2D eigenvalue weighted by Gasteiger charge is 2.30. The minimum atomic E-state index is -3.60. The minimum Gasteiger partial charge on any atom is -0.342 e. The van der Waals surface area contributed by atoms with Crippen molar-refractivity contribution in [2.24, 2.45) is 0 Å². The molecular weight excluding hydrogens is 350 g/mol. The number of carbonyl (C=O) groups excluding carboxylic acids is 1. The lowest BCUT2D eigenvalue weighted by Gasteiger charge is -2.28. The van der Waals surface area contributed by atoms with Crippen LogP contribution in [0.2, 0.25) is 0 Å². The van der Waals surface area contributed by atoms with E-state index in [0.717, 1.165) is 22.2 Å². The highest BCUT2D eigenvalue weighted by molar-refractivity contribution is 7.89. The lowest BCUT2D eigenvalue weighted by molar-refractivity contribution is -0.115. The van der Waals surface area contributed by atoms with Gasteiger partial charge < -0.3 is 9.88 Å². The number of para-hydroxylation sites is 1. The fraction of sp³-hybridized carbons (Fsp3) is 0.211. The van der Waals surface area contributed by atoms with E-state index >= 15 is 0 Å². The first-order valence-electron chi connectivity index (χ1n) is 8.52. The molecule has 0 aliphatic carbocycles. The van der Waals surface area contributed by atoms with Crippen LogP contribution in [0.3, 0.4) is 0 Å². The van der Waals surface area contributed by atoms with E-state index in [0.29, 0.717) is 25.3 Å². The number of nitrogens with one attached hydrogen (secondary N) is 1. The molecular formula is C19H17N3O3S. The number of sulfonamides is 1. The number of hydrogen-bond donors (Lipinski definition) is 1. The maximum atomic E-state index is 13.1. The Morgan fingerprint density at radius 2 is 1.85 bits per heavy atom. The Hall–Kier alpha value is -2.64. The zero-order chi connectivity index (χ0) is 17.9. The molecule has 0 saturated carbocycles. The second-order valence-corrected chi connectivity index (χ2v) is 8.67. The van der Waals surface area contributed by atoms with Crippen LogP contribution in [0, 0.1) is 0 Å². The third-order valence-electron chi connectivity index (χ3n) is 5.15. The summed E-state index contributed by atoms with van der Waals surface area (Å²) in [6.07, 6.45) is 0.229. The average molecular weight is 367 g/mol. The normalized spacial score (nSPS) is 17.2. The number of nitrogens with zero attached hydrogens (tertiary/aromatic N) is 2. The summed E-state index contributed by atoms with van der Waals surface area (Å²) >= 11 is 0. The molecule has 7 heteroatoms. The predicted molar refractivity (Wildman–Crippen MR) is 98.3 cm³/mol. The number of carbonyl (C=O) groups is 1. The molecule has 1 aromatic heterocycles. The Labute approximate surface area is 151 Å². The summed E-state index contributed by atoms with van der Waals surface area (Å²) in [7, 11) is -3.60. The highest BCUT2D eigenvalue weighted by Crippen LogP contribution is 2.30. The van der Waals surface area contributed by atoms with E-state index in [9.17, 15) is 13.2 Å². The molecule has 1 amide bonds. The van der Waals surface area contributed by atoms with Gasteiger partial charge in [0.05, 0.1) is 17.9 Å². The van der Waals surface area contributed by atoms with Crippen LogP contribution >= 0.6 is 0 Å². The molecule has 0 radical (unpaired) electrons. The summed E-state index contributed by atoms with van der Waals surface area (Å²) in [6, 6.07) is 15.0. The lowest BCUT2D eigenvalue weighted by Crippen LogP contribution is -2.38. The SMILES string of the molecule is O=C1Cc2cc(S(=O)(=O)N3CCn4c(cc5ccccc54)C3)ccc2N1. The van der Waals surface area contributed by atoms with Crippen molar-refractivity contribution < 1.29 is 13.2 Å². The summed E-state index contributed by atoms with van der Waals surface area (Å²) in [5, 5.41) is 3.86. The molecule has 0 bridgehead atoms. The zero-order valence-electron chi connectivity index (χ0n) is 14.0. The van der Waals surface area contributed by atoms with Gasteiger partial charge in [0, 0.05) is 30.0 Å². The maximum absolute atomic E-state index is 13.1. The summed E-state index contributed by atoms with van der Waals surface area (Å²) < 4.78 is 29.9. The maximum Gasteiger partial charge on any atom is 0.243 e. The smallest absolute Gasteiger partial charge is 0.243 e. The topological polar surface area (TPSA) is 71.4 Å². The van der Waals surface area contributed by atoms with Crippen molar-refractivity contribution in [3.8, 4) is 0 Å². The van der Waals surface area contributed by atoms with Crippen molar-refractivity contribution in [3.63, 3.8) is 0 Å². The van der Waals surface area contributed by atoms with E-state index in [4.69, 9.17) is 0 Å². The van der Waals surface area contributed by atoms with Gasteiger partial charge in [-0.1, -0.05) is 18.2 Å². The van der Waals surface area contributed by atoms with E-state index in [-0.39, 0.29) is 17.2 Å². The molecule has 0 atom stereocenters. The Morgan fingerprint density at radius 1 is 1.00 bits per heavy atom. The fourth-order valence-corrected chi connectivity index (χ4v) is 5.31. The molecule has 0 unspecified atom stereocenters. The van der Waals surface area contributed by atoms with Crippen molar-refractivity contribution in [1.82, 2.24) is 8.87 Å². The monoisotopic (exact) mass is 367 g/mol. The lowest BCUT2D eigenvalue weighted by atomic mass is 10.2. The summed E-state index contributed by atoms with van der Waals surface area (Å²) in [6.45, 7) is 1.42. The molecule has 3 heterocycles. The third kappa shape index (κ3) is 2.28. The molecule has 26 heavy (non-hydrogen) atoms. The van der Waals surface area contributed by atoms with Gasteiger partial charge in [-0.3, -0.25) is 4.79 Å². The van der Waals surface area contributed by atoms with Gasteiger partial charge in [-0.15, -0.1) is 0 Å². The third-order valence-corrected chi connectivity index (χ3v) is 6.99. The Kier molecular flexibility index (Phi) is 3.26. The minimum absolute atomic E-state index is 0.1000. The molecule has 0 spiro atoms. The standard InChI is InChI=1S/C19H17N3O3S/c23-19-11-14-10-16(5-6-17(14)20-19)26(24,25)21-7-8-22-15(12-21)9-13-3-1-2-4-18(13)22/h1-6,9-10H,7-8,11-12H2,(H,20,23). The molecule has 132 valence electrons. The van der Waals surface area contributed by atoms with Crippen molar-refractivity contribution in [1.29, 1.82) is 0 Å². The van der Waals surface area contributed by atoms with E-state index in [2.05, 4.69) is 22.0 Å². The summed E-state index contributed by atoms with van der Waals surface area (Å²) in [5.41, 5.74) is 3.58. The number of benzene rings is 2. The van der Waals surface area contributed by atoms with Crippen molar-refractivity contribution in [2.45, 2.75) is 24.4 Å². The molecule has 2 aromatic carbocycles. The number of rotatable bonds is 2. The summed E-state index contributed by atoms with van der Waals surface area (Å²) in [5.74, 6) is -0.1000. The molecule has 5 rings (SSSR count). The molecule has 0 saturated heterocycles. The first-order chi connectivity index (χ1) is 12.5. The number of hydrogen-bond acceptors (Lipinski definition) is 3. The largest absolute Gasteiger partial charge is 0.342 e. The van der Waals surface area contributed by atoms with Crippen molar-refractivity contribution in [2.75, 3.05) is 11.9 Å². The molecule has 0 fully saturated rings. The summed E-state index contributed by atoms with van der Waals surface area (Å²) in [4.78, 5) is 11.8. The van der Waals surface area contributed by atoms with Crippen molar-refractivity contribution in [3.05, 3.63) is 59.8 Å². The van der Waals surface area contributed by atoms with Gasteiger partial charge in [0.25, 0.3) is 0 Å². The number of amides is 1. The molecule has 6 nitrogen and oxygen atoms in total. The number of fused-ring (bicyclic) bond motifs is 4. The molecule has 2 aliphatic heterocycles. The highest BCUT2D eigenvalue weighted by atomic mass is 32.2. The van der Waals surface area contributed by atoms with Gasteiger partial charge in [0.15, 0.2) is 0 Å². The molecule has 1 N–H and O–H groups in total. The Bertz CT molecular complexity index is 1160. The van der Waals surface area contributed by atoms with Gasteiger partial charge in [0.2, 0.25) is 15.9 Å². The molecule has 2 aliphatic rings. The van der Waals surface area contributed by atoms with Crippen LogP contribution in [0.4, 0.5) is 5.69 Å².